The first kappa shape index (κ1) is 58.8. The van der Waals surface area contributed by atoms with Crippen molar-refractivity contribution in [2.24, 2.45) is 0 Å². The standard InChI is InChI=1S/C42H84O18/c1-2-3-4-5-6-7-8-9-42(44)60-41-40-59-39-38-58-37-36-57-35-34-56-33-32-55-31-30-54-29-28-53-27-26-52-25-24-51-23-22-50-21-20-49-19-18-48-17-16-47-15-14-46-13-12-45-11-10-43/h43H,2-41H2,1H3. The third-order valence-electron chi connectivity index (χ3n) is 7.92. The summed E-state index contributed by atoms with van der Waals surface area (Å²) >= 11 is 0. The van der Waals surface area contributed by atoms with Gasteiger partial charge in [0.05, 0.1) is 205 Å². The first-order chi connectivity index (χ1) is 29.8. The number of aliphatic hydroxyl groups is 1. The van der Waals surface area contributed by atoms with Gasteiger partial charge in [0.2, 0.25) is 0 Å². The third kappa shape index (κ3) is 54.8. The van der Waals surface area contributed by atoms with E-state index >= 15 is 0 Å². The maximum atomic E-state index is 11.7. The minimum Gasteiger partial charge on any atom is -0.463 e. The van der Waals surface area contributed by atoms with Crippen LogP contribution < -0.4 is 0 Å². The maximum absolute atomic E-state index is 11.7. The quantitative estimate of drug-likeness (QED) is 0.0694. The summed E-state index contributed by atoms with van der Waals surface area (Å²) in [5.41, 5.74) is 0. The summed E-state index contributed by atoms with van der Waals surface area (Å²) in [5.74, 6) is -0.145. The Bertz CT molecular complexity index is 787. The van der Waals surface area contributed by atoms with Crippen molar-refractivity contribution in [3.05, 3.63) is 0 Å². The number of hydrogen-bond donors (Lipinski definition) is 1. The number of aliphatic hydroxyl groups excluding tert-OH is 1. The molecule has 0 aliphatic heterocycles. The summed E-state index contributed by atoms with van der Waals surface area (Å²) in [6.45, 7) is 16.9. The molecular formula is C42H84O18. The lowest BCUT2D eigenvalue weighted by atomic mass is 10.1. The summed E-state index contributed by atoms with van der Waals surface area (Å²) < 4.78 is 86.8. The highest BCUT2D eigenvalue weighted by Gasteiger charge is 2.03. The van der Waals surface area contributed by atoms with Gasteiger partial charge in [-0.3, -0.25) is 4.79 Å². The molecule has 18 heteroatoms. The molecule has 0 aliphatic carbocycles. The van der Waals surface area contributed by atoms with Crippen molar-refractivity contribution in [1.29, 1.82) is 0 Å². The maximum Gasteiger partial charge on any atom is 0.305 e. The summed E-state index contributed by atoms with van der Waals surface area (Å²) in [7, 11) is 0. The average molecular weight is 877 g/mol. The van der Waals surface area contributed by atoms with Crippen LogP contribution in [0.4, 0.5) is 0 Å². The highest BCUT2D eigenvalue weighted by atomic mass is 16.6. The van der Waals surface area contributed by atoms with Gasteiger partial charge in [-0.25, -0.2) is 0 Å². The molecule has 0 aliphatic rings. The van der Waals surface area contributed by atoms with Crippen molar-refractivity contribution in [2.45, 2.75) is 58.3 Å². The predicted octanol–water partition coefficient (Wildman–Crippen LogP) is 2.91. The molecule has 0 aromatic rings. The Balaban J connectivity index is 3.09. The molecule has 0 atom stereocenters. The van der Waals surface area contributed by atoms with Crippen molar-refractivity contribution < 1.29 is 85.7 Å². The zero-order chi connectivity index (χ0) is 43.2. The Hall–Kier alpha value is -1.17. The van der Waals surface area contributed by atoms with Gasteiger partial charge in [-0.15, -0.1) is 0 Å². The van der Waals surface area contributed by atoms with Crippen LogP contribution in [0, 0.1) is 0 Å². The molecular weight excluding hydrogens is 792 g/mol. The Labute approximate surface area is 360 Å². The lowest BCUT2D eigenvalue weighted by Gasteiger charge is -2.09. The average Bonchev–Trinajstić information content (AvgIpc) is 3.25. The Kier molecular flexibility index (Phi) is 54.8. The van der Waals surface area contributed by atoms with Gasteiger partial charge in [-0.05, 0) is 6.42 Å². The van der Waals surface area contributed by atoms with Crippen LogP contribution in [0.1, 0.15) is 58.3 Å². The van der Waals surface area contributed by atoms with Gasteiger partial charge < -0.3 is 80.9 Å². The number of esters is 1. The van der Waals surface area contributed by atoms with Crippen molar-refractivity contribution in [3.8, 4) is 0 Å². The van der Waals surface area contributed by atoms with E-state index in [0.717, 1.165) is 12.8 Å². The fourth-order valence-electron chi connectivity index (χ4n) is 4.76. The second-order valence-corrected chi connectivity index (χ2v) is 13.0. The van der Waals surface area contributed by atoms with E-state index in [1.807, 2.05) is 0 Å². The van der Waals surface area contributed by atoms with Gasteiger partial charge >= 0.3 is 5.97 Å². The largest absolute Gasteiger partial charge is 0.463 e. The molecule has 0 aromatic carbocycles. The molecule has 0 heterocycles. The van der Waals surface area contributed by atoms with Gasteiger partial charge in [-0.2, -0.15) is 0 Å². The zero-order valence-corrected chi connectivity index (χ0v) is 37.2. The van der Waals surface area contributed by atoms with E-state index in [-0.39, 0.29) is 19.2 Å². The normalized spacial score (nSPS) is 11.6. The van der Waals surface area contributed by atoms with Crippen LogP contribution in [0.2, 0.25) is 0 Å². The summed E-state index contributed by atoms with van der Waals surface area (Å²) in [5, 5.41) is 8.60. The number of rotatable bonds is 55. The SMILES string of the molecule is CCCCCCCCCC(=O)OCCOCCOCCOCCOCCOCCOCCOCCOCCOCCOCCOCCOCCOCCOCCOCCO. The molecule has 1 N–H and O–H groups in total. The molecule has 18 nitrogen and oxygen atoms in total. The highest BCUT2D eigenvalue weighted by Crippen LogP contribution is 2.08. The van der Waals surface area contributed by atoms with E-state index in [9.17, 15) is 4.79 Å². The molecule has 0 saturated carbocycles. The molecule has 0 amide bonds. The first-order valence-corrected chi connectivity index (χ1v) is 22.2. The molecule has 0 saturated heterocycles. The monoisotopic (exact) mass is 877 g/mol. The fraction of sp³-hybridized carbons (Fsp3) is 0.976. The lowest BCUT2D eigenvalue weighted by molar-refractivity contribution is -0.145. The first-order valence-electron chi connectivity index (χ1n) is 22.2. The molecule has 60 heavy (non-hydrogen) atoms. The van der Waals surface area contributed by atoms with Crippen LogP contribution in [0.15, 0.2) is 0 Å². The summed E-state index contributed by atoms with van der Waals surface area (Å²) in [6.07, 6.45) is 8.76. The van der Waals surface area contributed by atoms with Gasteiger partial charge in [0.25, 0.3) is 0 Å². The number of ether oxygens (including phenoxy) is 16. The lowest BCUT2D eigenvalue weighted by Crippen LogP contribution is -2.16. The van der Waals surface area contributed by atoms with Crippen molar-refractivity contribution >= 4 is 5.97 Å². The van der Waals surface area contributed by atoms with Crippen molar-refractivity contribution in [1.82, 2.24) is 0 Å². The fourth-order valence-corrected chi connectivity index (χ4v) is 4.76. The van der Waals surface area contributed by atoms with E-state index in [1.165, 1.54) is 32.1 Å². The van der Waals surface area contributed by atoms with E-state index in [4.69, 9.17) is 80.9 Å². The molecule has 0 unspecified atom stereocenters. The topological polar surface area (TPSA) is 185 Å². The number of carbonyl (C=O) groups excluding carboxylic acids is 1. The molecule has 0 aromatic heterocycles. The van der Waals surface area contributed by atoms with Crippen LogP contribution >= 0.6 is 0 Å². The number of hydrogen-bond acceptors (Lipinski definition) is 18. The third-order valence-corrected chi connectivity index (χ3v) is 7.92. The summed E-state index contributed by atoms with van der Waals surface area (Å²) in [6, 6.07) is 0. The molecule has 0 rings (SSSR count). The van der Waals surface area contributed by atoms with E-state index in [1.54, 1.807) is 0 Å². The van der Waals surface area contributed by atoms with Crippen LogP contribution in [-0.4, -0.2) is 222 Å². The second kappa shape index (κ2) is 55.8. The molecule has 0 fully saturated rings. The van der Waals surface area contributed by atoms with E-state index < -0.39 is 0 Å². The number of carbonyl (C=O) groups is 1. The van der Waals surface area contributed by atoms with Crippen LogP contribution in [0.25, 0.3) is 0 Å². The van der Waals surface area contributed by atoms with Gasteiger partial charge in [-0.1, -0.05) is 45.4 Å². The highest BCUT2D eigenvalue weighted by molar-refractivity contribution is 5.69. The Morgan fingerprint density at radius 3 is 0.717 bits per heavy atom. The number of unbranched alkanes of at least 4 members (excludes halogenated alkanes) is 6. The van der Waals surface area contributed by atoms with Crippen molar-refractivity contribution in [3.63, 3.8) is 0 Å². The zero-order valence-electron chi connectivity index (χ0n) is 37.2. The smallest absolute Gasteiger partial charge is 0.305 e. The van der Waals surface area contributed by atoms with Crippen molar-refractivity contribution in [2.75, 3.05) is 211 Å². The Morgan fingerprint density at radius 2 is 0.483 bits per heavy atom. The van der Waals surface area contributed by atoms with E-state index in [0.29, 0.717) is 205 Å². The molecule has 0 radical (unpaired) electrons. The predicted molar refractivity (Wildman–Crippen MR) is 223 cm³/mol. The van der Waals surface area contributed by atoms with Crippen LogP contribution in [-0.2, 0) is 80.6 Å². The second-order valence-electron chi connectivity index (χ2n) is 13.0. The van der Waals surface area contributed by atoms with Gasteiger partial charge in [0.1, 0.15) is 6.61 Å². The minimum atomic E-state index is -0.145. The van der Waals surface area contributed by atoms with Crippen LogP contribution in [0.3, 0.4) is 0 Å². The van der Waals surface area contributed by atoms with Gasteiger partial charge in [0, 0.05) is 6.42 Å². The molecule has 360 valence electrons. The molecule has 0 bridgehead atoms. The minimum absolute atomic E-state index is 0.0205. The summed E-state index contributed by atoms with van der Waals surface area (Å²) in [4.78, 5) is 11.7. The Morgan fingerprint density at radius 1 is 0.283 bits per heavy atom. The van der Waals surface area contributed by atoms with Gasteiger partial charge in [0.15, 0.2) is 0 Å². The van der Waals surface area contributed by atoms with E-state index in [2.05, 4.69) is 6.92 Å². The van der Waals surface area contributed by atoms with Crippen LogP contribution in [0.5, 0.6) is 0 Å². The molecule has 0 spiro atoms.